The summed E-state index contributed by atoms with van der Waals surface area (Å²) in [4.78, 5) is 0. The molecule has 4 unspecified atom stereocenters. The van der Waals surface area contributed by atoms with Gasteiger partial charge in [0, 0.05) is 12.1 Å². The van der Waals surface area contributed by atoms with Crippen LogP contribution < -0.4 is 5.32 Å². The van der Waals surface area contributed by atoms with E-state index >= 15 is 0 Å². The lowest BCUT2D eigenvalue weighted by Gasteiger charge is -2.35. The maximum atomic E-state index is 3.87. The third-order valence-electron chi connectivity index (χ3n) is 4.88. The maximum absolute atomic E-state index is 3.87. The van der Waals surface area contributed by atoms with E-state index in [1.54, 1.807) is 0 Å². The van der Waals surface area contributed by atoms with E-state index in [0.29, 0.717) is 6.04 Å². The van der Waals surface area contributed by atoms with Crippen molar-refractivity contribution in [3.05, 3.63) is 35.4 Å². The first kappa shape index (κ1) is 15.6. The Morgan fingerprint density at radius 2 is 2.05 bits per heavy atom. The van der Waals surface area contributed by atoms with E-state index in [4.69, 9.17) is 0 Å². The van der Waals surface area contributed by atoms with Crippen LogP contribution in [-0.2, 0) is 6.42 Å². The molecule has 1 saturated carbocycles. The van der Waals surface area contributed by atoms with E-state index in [0.717, 1.165) is 17.9 Å². The van der Waals surface area contributed by atoms with Gasteiger partial charge in [-0.1, -0.05) is 43.7 Å². The molecule has 20 heavy (non-hydrogen) atoms. The van der Waals surface area contributed by atoms with Crippen molar-refractivity contribution < 1.29 is 0 Å². The minimum Gasteiger partial charge on any atom is -0.311 e. The standard InChI is InChI=1S/C19H31N/c1-14-6-5-7-18(13-14)10-9-17(4)20-19-11-8-15(2)12-16(19)3/h5-7,13,15-17,19-20H,8-12H2,1-4H3. The molecule has 1 aromatic carbocycles. The van der Waals surface area contributed by atoms with Crippen molar-refractivity contribution in [2.45, 2.75) is 71.9 Å². The SMILES string of the molecule is Cc1cccc(CCC(C)NC2CCC(C)CC2C)c1. The smallest absolute Gasteiger partial charge is 0.00953 e. The van der Waals surface area contributed by atoms with Crippen LogP contribution in [0, 0.1) is 18.8 Å². The van der Waals surface area contributed by atoms with Crippen molar-refractivity contribution in [2.24, 2.45) is 11.8 Å². The summed E-state index contributed by atoms with van der Waals surface area (Å²) in [5.41, 5.74) is 2.85. The van der Waals surface area contributed by atoms with Crippen LogP contribution in [0.15, 0.2) is 24.3 Å². The number of hydrogen-bond donors (Lipinski definition) is 1. The van der Waals surface area contributed by atoms with Crippen LogP contribution in [0.1, 0.15) is 57.6 Å². The fourth-order valence-corrected chi connectivity index (χ4v) is 3.61. The summed E-state index contributed by atoms with van der Waals surface area (Å²) in [5.74, 6) is 1.76. The van der Waals surface area contributed by atoms with E-state index in [2.05, 4.69) is 57.3 Å². The van der Waals surface area contributed by atoms with Gasteiger partial charge in [-0.3, -0.25) is 0 Å². The van der Waals surface area contributed by atoms with Gasteiger partial charge in [0.25, 0.3) is 0 Å². The molecule has 4 atom stereocenters. The molecule has 0 spiro atoms. The molecule has 0 radical (unpaired) electrons. The van der Waals surface area contributed by atoms with Gasteiger partial charge >= 0.3 is 0 Å². The first-order chi connectivity index (χ1) is 9.54. The van der Waals surface area contributed by atoms with E-state index in [1.165, 1.54) is 43.2 Å². The predicted octanol–water partition coefficient (Wildman–Crippen LogP) is 4.73. The molecule has 1 aliphatic rings. The summed E-state index contributed by atoms with van der Waals surface area (Å²) in [5, 5.41) is 3.87. The predicted molar refractivity (Wildman–Crippen MR) is 88.1 cm³/mol. The average Bonchev–Trinajstić information content (AvgIpc) is 2.40. The monoisotopic (exact) mass is 273 g/mol. The summed E-state index contributed by atoms with van der Waals surface area (Å²) in [6, 6.07) is 10.3. The molecule has 0 heterocycles. The van der Waals surface area contributed by atoms with Gasteiger partial charge in [-0.15, -0.1) is 0 Å². The van der Waals surface area contributed by atoms with Gasteiger partial charge in [-0.05, 0) is 63.4 Å². The number of hydrogen-bond acceptors (Lipinski definition) is 1. The molecule has 1 fully saturated rings. The second kappa shape index (κ2) is 7.26. The van der Waals surface area contributed by atoms with Gasteiger partial charge in [0.05, 0.1) is 0 Å². The Balaban J connectivity index is 1.76. The van der Waals surface area contributed by atoms with Crippen LogP contribution in [-0.4, -0.2) is 12.1 Å². The van der Waals surface area contributed by atoms with Crippen LogP contribution in [0.25, 0.3) is 0 Å². The van der Waals surface area contributed by atoms with Crippen LogP contribution in [0.5, 0.6) is 0 Å². The third-order valence-corrected chi connectivity index (χ3v) is 4.88. The van der Waals surface area contributed by atoms with Crippen molar-refractivity contribution in [1.82, 2.24) is 5.32 Å². The fourth-order valence-electron chi connectivity index (χ4n) is 3.61. The summed E-state index contributed by atoms with van der Waals surface area (Å²) in [7, 11) is 0. The van der Waals surface area contributed by atoms with E-state index < -0.39 is 0 Å². The molecule has 0 aromatic heterocycles. The highest BCUT2D eigenvalue weighted by Gasteiger charge is 2.25. The normalized spacial score (nSPS) is 28.3. The Bertz CT molecular complexity index is 412. The Hall–Kier alpha value is -0.820. The number of aryl methyl sites for hydroxylation is 2. The molecule has 1 aromatic rings. The maximum Gasteiger partial charge on any atom is 0.00953 e. The highest BCUT2D eigenvalue weighted by molar-refractivity contribution is 5.22. The zero-order valence-corrected chi connectivity index (χ0v) is 13.7. The minimum absolute atomic E-state index is 0.622. The Morgan fingerprint density at radius 3 is 2.75 bits per heavy atom. The molecule has 112 valence electrons. The molecule has 1 aliphatic carbocycles. The fraction of sp³-hybridized carbons (Fsp3) is 0.684. The molecule has 1 N–H and O–H groups in total. The number of nitrogens with one attached hydrogen (secondary N) is 1. The Morgan fingerprint density at radius 1 is 1.25 bits per heavy atom. The second-order valence-corrected chi connectivity index (χ2v) is 7.10. The van der Waals surface area contributed by atoms with E-state index in [1.807, 2.05) is 0 Å². The molecule has 0 aliphatic heterocycles. The van der Waals surface area contributed by atoms with Crippen molar-refractivity contribution in [3.8, 4) is 0 Å². The molecule has 1 nitrogen and oxygen atoms in total. The lowest BCUT2D eigenvalue weighted by atomic mass is 9.79. The second-order valence-electron chi connectivity index (χ2n) is 7.10. The highest BCUT2D eigenvalue weighted by atomic mass is 14.9. The summed E-state index contributed by atoms with van der Waals surface area (Å²) < 4.78 is 0. The zero-order chi connectivity index (χ0) is 14.5. The Labute approximate surface area is 125 Å². The first-order valence-corrected chi connectivity index (χ1v) is 8.36. The van der Waals surface area contributed by atoms with Gasteiger partial charge in [0.1, 0.15) is 0 Å². The molecular weight excluding hydrogens is 242 g/mol. The largest absolute Gasteiger partial charge is 0.311 e. The lowest BCUT2D eigenvalue weighted by molar-refractivity contribution is 0.214. The molecule has 2 rings (SSSR count). The van der Waals surface area contributed by atoms with Crippen LogP contribution in [0.2, 0.25) is 0 Å². The van der Waals surface area contributed by atoms with Gasteiger partial charge in [0.15, 0.2) is 0 Å². The zero-order valence-electron chi connectivity index (χ0n) is 13.7. The van der Waals surface area contributed by atoms with Gasteiger partial charge in [-0.25, -0.2) is 0 Å². The molecule has 0 amide bonds. The quantitative estimate of drug-likeness (QED) is 0.817. The molecule has 0 bridgehead atoms. The topological polar surface area (TPSA) is 12.0 Å². The molecule has 0 saturated heterocycles. The number of benzene rings is 1. The van der Waals surface area contributed by atoms with Crippen molar-refractivity contribution in [1.29, 1.82) is 0 Å². The summed E-state index contributed by atoms with van der Waals surface area (Å²) in [6.45, 7) is 9.34. The summed E-state index contributed by atoms with van der Waals surface area (Å²) >= 11 is 0. The summed E-state index contributed by atoms with van der Waals surface area (Å²) in [6.07, 6.45) is 6.57. The van der Waals surface area contributed by atoms with Crippen LogP contribution >= 0.6 is 0 Å². The van der Waals surface area contributed by atoms with Gasteiger partial charge in [0.2, 0.25) is 0 Å². The van der Waals surface area contributed by atoms with Crippen molar-refractivity contribution >= 4 is 0 Å². The van der Waals surface area contributed by atoms with E-state index in [9.17, 15) is 0 Å². The van der Waals surface area contributed by atoms with Crippen LogP contribution in [0.3, 0.4) is 0 Å². The third kappa shape index (κ3) is 4.63. The van der Waals surface area contributed by atoms with Crippen molar-refractivity contribution in [3.63, 3.8) is 0 Å². The minimum atomic E-state index is 0.622. The Kier molecular flexibility index (Phi) is 5.65. The van der Waals surface area contributed by atoms with E-state index in [-0.39, 0.29) is 0 Å². The van der Waals surface area contributed by atoms with Gasteiger partial charge < -0.3 is 5.32 Å². The van der Waals surface area contributed by atoms with Crippen LogP contribution in [0.4, 0.5) is 0 Å². The first-order valence-electron chi connectivity index (χ1n) is 8.36. The van der Waals surface area contributed by atoms with Gasteiger partial charge in [-0.2, -0.15) is 0 Å². The van der Waals surface area contributed by atoms with Crippen molar-refractivity contribution in [2.75, 3.05) is 0 Å². The number of rotatable bonds is 5. The lowest BCUT2D eigenvalue weighted by Crippen LogP contribution is -2.43. The molecule has 1 heteroatoms. The molecular formula is C19H31N. The average molecular weight is 273 g/mol. The highest BCUT2D eigenvalue weighted by Crippen LogP contribution is 2.29.